The van der Waals surface area contributed by atoms with E-state index in [9.17, 15) is 0 Å². The highest BCUT2D eigenvalue weighted by Crippen LogP contribution is 2.38. The van der Waals surface area contributed by atoms with Gasteiger partial charge in [-0.25, -0.2) is 0 Å². The van der Waals surface area contributed by atoms with Crippen LogP contribution in [0.3, 0.4) is 0 Å². The molecule has 1 rings (SSSR count). The first-order valence-corrected chi connectivity index (χ1v) is 13.9. The number of hydrogen-bond acceptors (Lipinski definition) is 0. The van der Waals surface area contributed by atoms with Gasteiger partial charge in [0.2, 0.25) is 0 Å². The summed E-state index contributed by atoms with van der Waals surface area (Å²) >= 11 is 0. The van der Waals surface area contributed by atoms with Crippen molar-refractivity contribution in [3.05, 3.63) is 30.3 Å². The van der Waals surface area contributed by atoms with Crippen molar-refractivity contribution in [3.63, 3.8) is 0 Å². The van der Waals surface area contributed by atoms with E-state index in [4.69, 9.17) is 0 Å². The predicted molar refractivity (Wildman–Crippen MR) is 120 cm³/mol. The van der Waals surface area contributed by atoms with Crippen molar-refractivity contribution in [3.8, 4) is 0 Å². The van der Waals surface area contributed by atoms with Crippen molar-refractivity contribution in [1.82, 2.24) is 0 Å². The normalized spacial score (nSPS) is 10.8. The van der Waals surface area contributed by atoms with Gasteiger partial charge in [-0.3, -0.25) is 0 Å². The zero-order chi connectivity index (χ0) is 18.0. The van der Waals surface area contributed by atoms with Gasteiger partial charge in [-0.05, 0) is 55.4 Å². The number of unbranched alkanes of at least 4 members (excludes halogenated alkanes) is 3. The molecule has 0 nitrogen and oxygen atoms in total. The van der Waals surface area contributed by atoms with Crippen LogP contribution in [0.2, 0.25) is 0 Å². The Balaban J connectivity index is 0.000000446. The summed E-state index contributed by atoms with van der Waals surface area (Å²) in [7, 11) is 0.570. The Morgan fingerprint density at radius 1 is 0.625 bits per heavy atom. The molecular weight excluding hydrogens is 326 g/mol. The highest BCUT2D eigenvalue weighted by Gasteiger charge is 2.05. The lowest BCUT2D eigenvalue weighted by Gasteiger charge is -2.16. The lowest BCUT2D eigenvalue weighted by Crippen LogP contribution is -2.02. The van der Waals surface area contributed by atoms with E-state index in [2.05, 4.69) is 65.0 Å². The molecule has 1 aromatic carbocycles. The Hall–Kier alpha value is 0.0800. The van der Waals surface area contributed by atoms with E-state index in [0.717, 1.165) is 0 Å². The smallest absolute Gasteiger partial charge is 0.0241 e. The van der Waals surface area contributed by atoms with Crippen molar-refractivity contribution in [2.24, 2.45) is 0 Å². The fraction of sp³-hybridized carbons (Fsp3) is 0.727. The van der Waals surface area contributed by atoms with E-state index in [-0.39, 0.29) is 7.92 Å². The van der Waals surface area contributed by atoms with Crippen LogP contribution in [0.25, 0.3) is 0 Å². The van der Waals surface area contributed by atoms with E-state index < -0.39 is 0 Å². The van der Waals surface area contributed by atoms with E-state index in [1.165, 1.54) is 50.8 Å². The standard InChI is InChI=1S/C12H27P.C10H15P/c1-4-7-10-13(11-8-5-2)12-9-6-3;1-3-11(4-2)10-8-6-5-7-9-10/h4-12H2,1-3H3;5-9H,3-4H2,1-2H3. The molecule has 0 heterocycles. The van der Waals surface area contributed by atoms with Crippen LogP contribution in [-0.4, -0.2) is 30.8 Å². The van der Waals surface area contributed by atoms with Crippen LogP contribution in [0.15, 0.2) is 30.3 Å². The van der Waals surface area contributed by atoms with Crippen molar-refractivity contribution in [2.75, 3.05) is 30.8 Å². The first kappa shape index (κ1) is 24.1. The third-order valence-corrected chi connectivity index (χ3v) is 9.77. The minimum Gasteiger partial charge on any atom is -0.107 e. The largest absolute Gasteiger partial charge is 0.107 e. The van der Waals surface area contributed by atoms with Gasteiger partial charge in [-0.1, -0.05) is 92.1 Å². The molecule has 0 aliphatic heterocycles. The van der Waals surface area contributed by atoms with Crippen LogP contribution in [0.5, 0.6) is 0 Å². The topological polar surface area (TPSA) is 0 Å². The maximum absolute atomic E-state index is 2.31. The quantitative estimate of drug-likeness (QED) is 0.332. The summed E-state index contributed by atoms with van der Waals surface area (Å²) in [5.74, 6) is 0. The summed E-state index contributed by atoms with van der Waals surface area (Å²) in [5, 5.41) is 1.55. The fourth-order valence-electron chi connectivity index (χ4n) is 2.71. The number of rotatable bonds is 12. The highest BCUT2D eigenvalue weighted by atomic mass is 31.1. The molecule has 0 amide bonds. The Morgan fingerprint density at radius 2 is 1.04 bits per heavy atom. The second-order valence-corrected chi connectivity index (χ2v) is 12.0. The summed E-state index contributed by atoms with van der Waals surface area (Å²) in [6, 6.07) is 10.9. The zero-order valence-electron chi connectivity index (χ0n) is 17.1. The molecule has 0 saturated carbocycles. The van der Waals surface area contributed by atoms with Gasteiger partial charge in [-0.2, -0.15) is 0 Å². The molecule has 0 aromatic heterocycles. The summed E-state index contributed by atoms with van der Waals surface area (Å²) in [4.78, 5) is 0. The van der Waals surface area contributed by atoms with Gasteiger partial charge >= 0.3 is 0 Å². The highest BCUT2D eigenvalue weighted by molar-refractivity contribution is 7.65. The Kier molecular flexibility index (Phi) is 17.9. The second kappa shape index (κ2) is 17.9. The van der Waals surface area contributed by atoms with E-state index in [1.807, 2.05) is 0 Å². The van der Waals surface area contributed by atoms with Crippen LogP contribution < -0.4 is 5.30 Å². The fourth-order valence-corrected chi connectivity index (χ4v) is 7.44. The molecule has 140 valence electrons. The lowest BCUT2D eigenvalue weighted by molar-refractivity contribution is 0.847. The van der Waals surface area contributed by atoms with Crippen LogP contribution in [0, 0.1) is 0 Å². The first-order valence-electron chi connectivity index (χ1n) is 10.3. The summed E-state index contributed by atoms with van der Waals surface area (Å²) in [6.07, 6.45) is 15.8. The maximum Gasteiger partial charge on any atom is -0.0241 e. The van der Waals surface area contributed by atoms with E-state index in [0.29, 0.717) is 7.92 Å². The molecular formula is C22H42P2. The van der Waals surface area contributed by atoms with Crippen LogP contribution in [0.4, 0.5) is 0 Å². The average Bonchev–Trinajstić information content (AvgIpc) is 2.63. The summed E-state index contributed by atoms with van der Waals surface area (Å²) in [6.45, 7) is 11.5. The first-order chi connectivity index (χ1) is 11.7. The summed E-state index contributed by atoms with van der Waals surface area (Å²) < 4.78 is 0. The van der Waals surface area contributed by atoms with E-state index in [1.54, 1.807) is 23.8 Å². The maximum atomic E-state index is 2.31. The second-order valence-electron chi connectivity index (χ2n) is 6.41. The molecule has 0 atom stereocenters. The molecule has 0 aliphatic rings. The van der Waals surface area contributed by atoms with Crippen LogP contribution >= 0.6 is 15.8 Å². The number of hydrogen-bond donors (Lipinski definition) is 0. The van der Waals surface area contributed by atoms with Crippen molar-refractivity contribution < 1.29 is 0 Å². The Morgan fingerprint density at radius 3 is 1.38 bits per heavy atom. The molecule has 0 aliphatic carbocycles. The van der Waals surface area contributed by atoms with Gasteiger partial charge < -0.3 is 0 Å². The molecule has 0 unspecified atom stereocenters. The predicted octanol–water partition coefficient (Wildman–Crippen LogP) is 7.70. The molecule has 0 radical (unpaired) electrons. The molecule has 0 spiro atoms. The minimum atomic E-state index is 0.149. The number of benzene rings is 1. The third kappa shape index (κ3) is 12.4. The van der Waals surface area contributed by atoms with Crippen LogP contribution in [0.1, 0.15) is 73.1 Å². The van der Waals surface area contributed by atoms with E-state index >= 15 is 0 Å². The Bertz CT molecular complexity index is 327. The molecule has 24 heavy (non-hydrogen) atoms. The van der Waals surface area contributed by atoms with Gasteiger partial charge in [0, 0.05) is 0 Å². The summed E-state index contributed by atoms with van der Waals surface area (Å²) in [5.41, 5.74) is 0. The van der Waals surface area contributed by atoms with Gasteiger partial charge in [0.05, 0.1) is 0 Å². The van der Waals surface area contributed by atoms with Crippen molar-refractivity contribution in [1.29, 1.82) is 0 Å². The molecule has 0 bridgehead atoms. The SMILES string of the molecule is CCCCP(CCCC)CCCC.CCP(CC)c1ccccc1. The lowest BCUT2D eigenvalue weighted by atomic mass is 10.4. The molecule has 0 saturated heterocycles. The zero-order valence-corrected chi connectivity index (χ0v) is 18.8. The molecule has 2 heteroatoms. The Labute approximate surface area is 155 Å². The molecule has 0 N–H and O–H groups in total. The average molecular weight is 369 g/mol. The van der Waals surface area contributed by atoms with Crippen molar-refractivity contribution in [2.45, 2.75) is 73.1 Å². The van der Waals surface area contributed by atoms with Crippen LogP contribution in [-0.2, 0) is 0 Å². The van der Waals surface area contributed by atoms with Gasteiger partial charge in [0.1, 0.15) is 0 Å². The monoisotopic (exact) mass is 368 g/mol. The minimum absolute atomic E-state index is 0.149. The third-order valence-electron chi connectivity index (χ3n) is 4.37. The van der Waals surface area contributed by atoms with Crippen molar-refractivity contribution >= 4 is 21.1 Å². The molecule has 1 aromatic rings. The van der Waals surface area contributed by atoms with Gasteiger partial charge in [0.15, 0.2) is 0 Å². The molecule has 0 fully saturated rings. The van der Waals surface area contributed by atoms with Gasteiger partial charge in [0.25, 0.3) is 0 Å². The van der Waals surface area contributed by atoms with Gasteiger partial charge in [-0.15, -0.1) is 7.92 Å².